The minimum Gasteiger partial charge on any atom is -0.365 e. The van der Waals surface area contributed by atoms with Crippen LogP contribution in [0.3, 0.4) is 0 Å². The molecule has 0 aromatic heterocycles. The Morgan fingerprint density at radius 2 is 1.94 bits per heavy atom. The molecule has 1 aromatic rings. The molecule has 0 radical (unpaired) electrons. The molecule has 0 saturated heterocycles. The number of carbonyl (C=O) groups excluding carboxylic acids is 2. The van der Waals surface area contributed by atoms with E-state index in [-0.39, 0.29) is 5.57 Å². The third-order valence-electron chi connectivity index (χ3n) is 1.96. The fourth-order valence-electron chi connectivity index (χ4n) is 1.22. The van der Waals surface area contributed by atoms with E-state index in [2.05, 4.69) is 5.32 Å². The maximum Gasteiger partial charge on any atom is 0.256 e. The monoisotopic (exact) mass is 218 g/mol. The van der Waals surface area contributed by atoms with Crippen LogP contribution in [-0.2, 0) is 9.59 Å². The lowest BCUT2D eigenvalue weighted by Gasteiger charge is -2.03. The number of rotatable bonds is 4. The number of likely N-dealkylation sites (N-methyl/N-ethyl adjacent to an activating group) is 1. The van der Waals surface area contributed by atoms with E-state index in [1.807, 2.05) is 18.2 Å². The van der Waals surface area contributed by atoms with Gasteiger partial charge in [-0.3, -0.25) is 9.59 Å². The number of benzene rings is 1. The van der Waals surface area contributed by atoms with Gasteiger partial charge in [-0.05, 0) is 18.6 Å². The van der Waals surface area contributed by atoms with Crippen LogP contribution in [0.1, 0.15) is 12.5 Å². The number of hydrogen-bond acceptors (Lipinski definition) is 2. The molecule has 0 fully saturated rings. The van der Waals surface area contributed by atoms with Gasteiger partial charge in [0.2, 0.25) is 0 Å². The zero-order valence-corrected chi connectivity index (χ0v) is 9.07. The van der Waals surface area contributed by atoms with E-state index >= 15 is 0 Å². The molecule has 3 N–H and O–H groups in total. The Morgan fingerprint density at radius 1 is 1.31 bits per heavy atom. The Morgan fingerprint density at radius 3 is 2.44 bits per heavy atom. The van der Waals surface area contributed by atoms with E-state index in [1.54, 1.807) is 19.1 Å². The number of carbonyl (C=O) groups is 2. The van der Waals surface area contributed by atoms with Crippen molar-refractivity contribution < 1.29 is 9.59 Å². The Balaban J connectivity index is 2.99. The van der Waals surface area contributed by atoms with Gasteiger partial charge in [0.25, 0.3) is 11.8 Å². The molecule has 0 heterocycles. The summed E-state index contributed by atoms with van der Waals surface area (Å²) in [6.45, 7) is 2.23. The molecule has 4 nitrogen and oxygen atoms in total. The molecule has 0 unspecified atom stereocenters. The number of amides is 2. The average Bonchev–Trinajstić information content (AvgIpc) is 2.27. The van der Waals surface area contributed by atoms with Gasteiger partial charge in [0, 0.05) is 6.54 Å². The minimum atomic E-state index is -0.727. The zero-order valence-electron chi connectivity index (χ0n) is 9.07. The van der Waals surface area contributed by atoms with Crippen LogP contribution in [0.2, 0.25) is 0 Å². The molecule has 0 aliphatic rings. The highest BCUT2D eigenvalue weighted by molar-refractivity contribution is 6.21. The van der Waals surface area contributed by atoms with Crippen molar-refractivity contribution in [1.29, 1.82) is 0 Å². The minimum absolute atomic E-state index is 0.0342. The van der Waals surface area contributed by atoms with Crippen molar-refractivity contribution in [3.8, 4) is 0 Å². The number of primary amides is 1. The smallest absolute Gasteiger partial charge is 0.256 e. The van der Waals surface area contributed by atoms with Crippen LogP contribution in [-0.4, -0.2) is 18.4 Å². The summed E-state index contributed by atoms with van der Waals surface area (Å²) in [5.41, 5.74) is 5.88. The lowest BCUT2D eigenvalue weighted by molar-refractivity contribution is -0.121. The average molecular weight is 218 g/mol. The standard InChI is InChI=1S/C12H14N2O2/c1-2-14-12(16)10(11(13)15)8-9-6-4-3-5-7-9/h3-8H,2H2,1H3,(H2,13,15)(H,14,16). The second-order valence-corrected chi connectivity index (χ2v) is 3.19. The van der Waals surface area contributed by atoms with E-state index in [0.29, 0.717) is 6.54 Å². The first-order chi connectivity index (χ1) is 7.65. The first-order valence-corrected chi connectivity index (χ1v) is 5.00. The molecule has 2 amide bonds. The van der Waals surface area contributed by atoms with Gasteiger partial charge in [0.05, 0.1) is 0 Å². The summed E-state index contributed by atoms with van der Waals surface area (Å²) >= 11 is 0. The molecular formula is C12H14N2O2. The van der Waals surface area contributed by atoms with Crippen LogP contribution in [0.5, 0.6) is 0 Å². The van der Waals surface area contributed by atoms with Crippen molar-refractivity contribution in [2.75, 3.05) is 6.54 Å². The lowest BCUT2D eigenvalue weighted by Crippen LogP contribution is -2.31. The summed E-state index contributed by atoms with van der Waals surface area (Å²) in [7, 11) is 0. The van der Waals surface area contributed by atoms with Crippen molar-refractivity contribution in [3.63, 3.8) is 0 Å². The maximum absolute atomic E-state index is 11.5. The summed E-state index contributed by atoms with van der Waals surface area (Å²) in [6, 6.07) is 9.09. The van der Waals surface area contributed by atoms with Crippen LogP contribution in [0, 0.1) is 0 Å². The van der Waals surface area contributed by atoms with Gasteiger partial charge in [0.1, 0.15) is 5.57 Å². The highest BCUT2D eigenvalue weighted by Crippen LogP contribution is 2.06. The molecule has 1 rings (SSSR count). The highest BCUT2D eigenvalue weighted by Gasteiger charge is 2.13. The summed E-state index contributed by atoms with van der Waals surface area (Å²) in [5.74, 6) is -1.17. The van der Waals surface area contributed by atoms with Crippen molar-refractivity contribution in [2.45, 2.75) is 6.92 Å². The first kappa shape index (κ1) is 12.0. The molecule has 84 valence electrons. The fourth-order valence-corrected chi connectivity index (χ4v) is 1.22. The van der Waals surface area contributed by atoms with Gasteiger partial charge in [-0.1, -0.05) is 30.3 Å². The summed E-state index contributed by atoms with van der Waals surface area (Å²) in [5, 5.41) is 2.54. The van der Waals surface area contributed by atoms with E-state index in [1.165, 1.54) is 6.08 Å². The van der Waals surface area contributed by atoms with Gasteiger partial charge >= 0.3 is 0 Å². The number of nitrogens with one attached hydrogen (secondary N) is 1. The van der Waals surface area contributed by atoms with Gasteiger partial charge in [-0.15, -0.1) is 0 Å². The van der Waals surface area contributed by atoms with Crippen LogP contribution >= 0.6 is 0 Å². The third-order valence-corrected chi connectivity index (χ3v) is 1.96. The molecule has 0 spiro atoms. The molecular weight excluding hydrogens is 204 g/mol. The summed E-state index contributed by atoms with van der Waals surface area (Å²) < 4.78 is 0. The maximum atomic E-state index is 11.5. The summed E-state index contributed by atoms with van der Waals surface area (Å²) in [6.07, 6.45) is 1.48. The van der Waals surface area contributed by atoms with Crippen molar-refractivity contribution >= 4 is 17.9 Å². The SMILES string of the molecule is CCNC(=O)C(=Cc1ccccc1)C(N)=O. The van der Waals surface area contributed by atoms with Crippen LogP contribution < -0.4 is 11.1 Å². The second-order valence-electron chi connectivity index (χ2n) is 3.19. The normalized spacial score (nSPS) is 10.9. The molecule has 0 aliphatic heterocycles. The van der Waals surface area contributed by atoms with Gasteiger partial charge < -0.3 is 11.1 Å². The molecule has 16 heavy (non-hydrogen) atoms. The molecule has 0 bridgehead atoms. The zero-order chi connectivity index (χ0) is 12.0. The highest BCUT2D eigenvalue weighted by atomic mass is 16.2. The van der Waals surface area contributed by atoms with Gasteiger partial charge in [-0.25, -0.2) is 0 Å². The lowest BCUT2D eigenvalue weighted by atomic mass is 10.1. The van der Waals surface area contributed by atoms with Gasteiger partial charge in [-0.2, -0.15) is 0 Å². The molecule has 4 heteroatoms. The van der Waals surface area contributed by atoms with E-state index in [0.717, 1.165) is 5.56 Å². The van der Waals surface area contributed by atoms with Crippen molar-refractivity contribution in [3.05, 3.63) is 41.5 Å². The molecule has 1 aromatic carbocycles. The Kier molecular flexibility index (Phi) is 4.27. The van der Waals surface area contributed by atoms with E-state index < -0.39 is 11.8 Å². The molecule has 0 aliphatic carbocycles. The number of nitrogens with two attached hydrogens (primary N) is 1. The van der Waals surface area contributed by atoms with E-state index in [9.17, 15) is 9.59 Å². The Labute approximate surface area is 94.1 Å². The third kappa shape index (κ3) is 3.24. The molecule has 0 atom stereocenters. The summed E-state index contributed by atoms with van der Waals surface area (Å²) in [4.78, 5) is 22.6. The Bertz CT molecular complexity index is 410. The van der Waals surface area contributed by atoms with Crippen LogP contribution in [0.25, 0.3) is 6.08 Å². The molecule has 0 saturated carbocycles. The van der Waals surface area contributed by atoms with Crippen LogP contribution in [0.4, 0.5) is 0 Å². The van der Waals surface area contributed by atoms with Crippen LogP contribution in [0.15, 0.2) is 35.9 Å². The largest absolute Gasteiger partial charge is 0.365 e. The predicted octanol–water partition coefficient (Wildman–Crippen LogP) is 0.691. The van der Waals surface area contributed by atoms with E-state index in [4.69, 9.17) is 5.73 Å². The van der Waals surface area contributed by atoms with Gasteiger partial charge in [0.15, 0.2) is 0 Å². The second kappa shape index (κ2) is 5.70. The van der Waals surface area contributed by atoms with Crippen molar-refractivity contribution in [1.82, 2.24) is 5.32 Å². The van der Waals surface area contributed by atoms with Crippen molar-refractivity contribution in [2.24, 2.45) is 5.73 Å². The quantitative estimate of drug-likeness (QED) is 0.443. The fraction of sp³-hybridized carbons (Fsp3) is 0.167. The number of hydrogen-bond donors (Lipinski definition) is 2. The topological polar surface area (TPSA) is 72.2 Å². The predicted molar refractivity (Wildman–Crippen MR) is 62.3 cm³/mol. The first-order valence-electron chi connectivity index (χ1n) is 5.00. The Hall–Kier alpha value is -2.10.